The van der Waals surface area contributed by atoms with Crippen molar-refractivity contribution in [1.29, 1.82) is 0 Å². The number of anilines is 6. The van der Waals surface area contributed by atoms with Crippen LogP contribution >= 0.6 is 0 Å². The van der Waals surface area contributed by atoms with Crippen molar-refractivity contribution in [2.45, 2.75) is 0 Å². The molecule has 0 amide bonds. The first-order valence-corrected chi connectivity index (χ1v) is 20.2. The lowest BCUT2D eigenvalue weighted by atomic mass is 9.95. The summed E-state index contributed by atoms with van der Waals surface area (Å²) in [4.78, 5) is 15.2. The van der Waals surface area contributed by atoms with Crippen molar-refractivity contribution in [2.75, 3.05) is 9.80 Å². The Hall–Kier alpha value is -8.08. The summed E-state index contributed by atoms with van der Waals surface area (Å²) in [6.07, 6.45) is 0. The van der Waals surface area contributed by atoms with Crippen LogP contribution in [0.2, 0.25) is 0 Å². The molecule has 0 radical (unpaired) electrons. The Bertz CT molecular complexity index is 2970. The minimum Gasteiger partial charge on any atom is -0.310 e. The third-order valence-corrected chi connectivity index (χ3v) is 10.8. The van der Waals surface area contributed by atoms with E-state index in [2.05, 4.69) is 228 Å². The van der Waals surface area contributed by atoms with Crippen molar-refractivity contribution in [2.24, 2.45) is 0 Å². The quantitative estimate of drug-likeness (QED) is 0.139. The Morgan fingerprint density at radius 2 is 0.783 bits per heavy atom. The molecule has 4 heteroatoms. The molecule has 0 fully saturated rings. The lowest BCUT2D eigenvalue weighted by molar-refractivity contribution is 1.12. The molecule has 9 aromatic carbocycles. The molecule has 10 rings (SSSR count). The van der Waals surface area contributed by atoms with Gasteiger partial charge in [0.15, 0.2) is 5.82 Å². The molecular formula is C56H40N4. The van der Waals surface area contributed by atoms with E-state index in [0.717, 1.165) is 67.8 Å². The zero-order valence-corrected chi connectivity index (χ0v) is 32.9. The molecule has 284 valence electrons. The van der Waals surface area contributed by atoms with Gasteiger partial charge in [-0.3, -0.25) is 4.90 Å². The van der Waals surface area contributed by atoms with Crippen LogP contribution in [0, 0.1) is 0 Å². The lowest BCUT2D eigenvalue weighted by Crippen LogP contribution is -2.17. The highest BCUT2D eigenvalue weighted by Gasteiger charge is 2.26. The number of nitrogens with zero attached hydrogens (tertiary/aromatic N) is 4. The molecule has 0 spiro atoms. The predicted molar refractivity (Wildman–Crippen MR) is 251 cm³/mol. The third kappa shape index (κ3) is 7.30. The van der Waals surface area contributed by atoms with Crippen molar-refractivity contribution in [3.63, 3.8) is 0 Å². The fourth-order valence-corrected chi connectivity index (χ4v) is 7.99. The Balaban J connectivity index is 1.28. The smallest absolute Gasteiger partial charge is 0.162 e. The largest absolute Gasteiger partial charge is 0.310 e. The van der Waals surface area contributed by atoms with Gasteiger partial charge >= 0.3 is 0 Å². The van der Waals surface area contributed by atoms with Gasteiger partial charge in [0.2, 0.25) is 0 Å². The molecule has 10 aromatic rings. The molecular weight excluding hydrogens is 729 g/mol. The molecule has 0 N–H and O–H groups in total. The van der Waals surface area contributed by atoms with Crippen LogP contribution in [0.3, 0.4) is 0 Å². The SMILES string of the molecule is c1ccc(-c2cccc(N(c3ccccc3)c3cccc(N(c4ccccc4)c4cc(-c5ccccc5)nc(-c5ccccc5)n4)c3-c3ccc4ccccc4c3)c2)cc1. The first-order valence-electron chi connectivity index (χ1n) is 20.2. The van der Waals surface area contributed by atoms with Crippen LogP contribution in [0.15, 0.2) is 243 Å². The van der Waals surface area contributed by atoms with Crippen LogP contribution in [0.4, 0.5) is 34.3 Å². The maximum Gasteiger partial charge on any atom is 0.162 e. The molecule has 0 saturated carbocycles. The summed E-state index contributed by atoms with van der Waals surface area (Å²) in [5.74, 6) is 1.41. The van der Waals surface area contributed by atoms with Gasteiger partial charge in [0.1, 0.15) is 5.82 Å². The highest BCUT2D eigenvalue weighted by atomic mass is 15.2. The minimum absolute atomic E-state index is 0.653. The summed E-state index contributed by atoms with van der Waals surface area (Å²) in [6.45, 7) is 0. The summed E-state index contributed by atoms with van der Waals surface area (Å²) < 4.78 is 0. The van der Waals surface area contributed by atoms with Crippen LogP contribution in [0.5, 0.6) is 0 Å². The van der Waals surface area contributed by atoms with Gasteiger partial charge in [-0.25, -0.2) is 9.97 Å². The highest BCUT2D eigenvalue weighted by molar-refractivity contribution is 6.01. The van der Waals surface area contributed by atoms with E-state index >= 15 is 0 Å². The average Bonchev–Trinajstić information content (AvgIpc) is 3.33. The second-order valence-corrected chi connectivity index (χ2v) is 14.7. The van der Waals surface area contributed by atoms with E-state index in [1.165, 1.54) is 16.3 Å². The van der Waals surface area contributed by atoms with Crippen LogP contribution in [0.25, 0.3) is 55.7 Å². The summed E-state index contributed by atoms with van der Waals surface area (Å²) in [6, 6.07) is 85.3. The van der Waals surface area contributed by atoms with E-state index in [1.807, 2.05) is 24.3 Å². The van der Waals surface area contributed by atoms with Gasteiger partial charge in [0.25, 0.3) is 0 Å². The van der Waals surface area contributed by atoms with Crippen LogP contribution in [0.1, 0.15) is 0 Å². The summed E-state index contributed by atoms with van der Waals surface area (Å²) in [7, 11) is 0. The number of hydrogen-bond acceptors (Lipinski definition) is 4. The van der Waals surface area contributed by atoms with E-state index < -0.39 is 0 Å². The maximum atomic E-state index is 5.40. The van der Waals surface area contributed by atoms with Crippen molar-refractivity contribution < 1.29 is 0 Å². The Morgan fingerprint density at radius 3 is 1.45 bits per heavy atom. The lowest BCUT2D eigenvalue weighted by Gasteiger charge is -2.33. The average molecular weight is 769 g/mol. The van der Waals surface area contributed by atoms with Crippen molar-refractivity contribution in [3.8, 4) is 44.9 Å². The number of rotatable bonds is 10. The molecule has 0 aliphatic carbocycles. The molecule has 0 bridgehead atoms. The summed E-state index contributed by atoms with van der Waals surface area (Å²) >= 11 is 0. The minimum atomic E-state index is 0.653. The van der Waals surface area contributed by atoms with Crippen LogP contribution < -0.4 is 9.80 Å². The molecule has 0 aliphatic heterocycles. The van der Waals surface area contributed by atoms with Crippen molar-refractivity contribution in [3.05, 3.63) is 243 Å². The van der Waals surface area contributed by atoms with E-state index in [0.29, 0.717) is 5.82 Å². The van der Waals surface area contributed by atoms with Gasteiger partial charge < -0.3 is 4.90 Å². The van der Waals surface area contributed by atoms with Gasteiger partial charge in [-0.05, 0) is 82.1 Å². The highest BCUT2D eigenvalue weighted by Crippen LogP contribution is 2.49. The van der Waals surface area contributed by atoms with Crippen LogP contribution in [-0.2, 0) is 0 Å². The molecule has 0 unspecified atom stereocenters. The van der Waals surface area contributed by atoms with Crippen molar-refractivity contribution >= 4 is 45.0 Å². The fraction of sp³-hybridized carbons (Fsp3) is 0. The zero-order valence-electron chi connectivity index (χ0n) is 32.9. The normalized spacial score (nSPS) is 11.0. The molecule has 0 aliphatic rings. The van der Waals surface area contributed by atoms with Crippen molar-refractivity contribution in [1.82, 2.24) is 9.97 Å². The molecule has 4 nitrogen and oxygen atoms in total. The third-order valence-electron chi connectivity index (χ3n) is 10.8. The Kier molecular flexibility index (Phi) is 9.92. The molecule has 60 heavy (non-hydrogen) atoms. The van der Waals surface area contributed by atoms with E-state index in [1.54, 1.807) is 0 Å². The van der Waals surface area contributed by atoms with Gasteiger partial charge in [0, 0.05) is 39.8 Å². The monoisotopic (exact) mass is 768 g/mol. The molecule has 1 aromatic heterocycles. The Labute approximate surface area is 351 Å². The first kappa shape index (κ1) is 36.3. The first-order chi connectivity index (χ1) is 29.8. The Morgan fingerprint density at radius 1 is 0.283 bits per heavy atom. The number of fused-ring (bicyclic) bond motifs is 1. The zero-order chi connectivity index (χ0) is 40.1. The van der Waals surface area contributed by atoms with E-state index in [4.69, 9.17) is 9.97 Å². The van der Waals surface area contributed by atoms with Gasteiger partial charge in [-0.2, -0.15) is 0 Å². The number of hydrogen-bond donors (Lipinski definition) is 0. The standard InChI is InChI=1S/C56H40N4/c1-6-20-41(21-7-1)46-28-18-33-50(39-46)59(48-29-12-4-13-30-48)52-34-19-35-53(55(52)47-37-36-42-22-16-17-27-45(42)38-47)60(49-31-14-5-15-32-49)54-40-51(43-23-8-2-9-24-43)57-56(58-54)44-25-10-3-11-26-44/h1-40H. The second kappa shape index (κ2) is 16.4. The topological polar surface area (TPSA) is 32.3 Å². The molecule has 0 saturated heterocycles. The van der Waals surface area contributed by atoms with Crippen LogP contribution in [-0.4, -0.2) is 9.97 Å². The number of aromatic nitrogens is 2. The maximum absolute atomic E-state index is 5.40. The predicted octanol–water partition coefficient (Wildman–Crippen LogP) is 15.2. The van der Waals surface area contributed by atoms with Gasteiger partial charge in [-0.15, -0.1) is 0 Å². The van der Waals surface area contributed by atoms with E-state index in [9.17, 15) is 0 Å². The summed E-state index contributed by atoms with van der Waals surface area (Å²) in [5, 5.41) is 2.35. The van der Waals surface area contributed by atoms with E-state index in [-0.39, 0.29) is 0 Å². The molecule has 0 atom stereocenters. The number of benzene rings is 9. The van der Waals surface area contributed by atoms with Gasteiger partial charge in [-0.1, -0.05) is 182 Å². The fourth-order valence-electron chi connectivity index (χ4n) is 7.99. The second-order valence-electron chi connectivity index (χ2n) is 14.7. The summed E-state index contributed by atoms with van der Waals surface area (Å²) in [5.41, 5.74) is 12.3. The molecule has 1 heterocycles. The van der Waals surface area contributed by atoms with Gasteiger partial charge in [0.05, 0.1) is 17.1 Å². The number of para-hydroxylation sites is 2.